The molecule has 1 aliphatic heterocycles. The van der Waals surface area contributed by atoms with Gasteiger partial charge in [0.05, 0.1) is 21.0 Å². The number of nitrogens with zero attached hydrogens (tertiary/aromatic N) is 1. The second-order valence-corrected chi connectivity index (χ2v) is 9.15. The van der Waals surface area contributed by atoms with Crippen LogP contribution in [-0.4, -0.2) is 35.7 Å². The van der Waals surface area contributed by atoms with E-state index in [4.69, 9.17) is 16.3 Å². The van der Waals surface area contributed by atoms with Crippen molar-refractivity contribution in [3.05, 3.63) is 66.4 Å². The molecule has 30 heavy (non-hydrogen) atoms. The van der Waals surface area contributed by atoms with Crippen LogP contribution in [0.25, 0.3) is 6.08 Å². The molecule has 0 aromatic heterocycles. The summed E-state index contributed by atoms with van der Waals surface area (Å²) >= 11 is 13.9. The summed E-state index contributed by atoms with van der Waals surface area (Å²) in [5.41, 5.74) is 1.52. The number of ether oxygens (including phenoxy) is 2. The van der Waals surface area contributed by atoms with Crippen LogP contribution in [0.15, 0.2) is 50.2 Å². The predicted molar refractivity (Wildman–Crippen MR) is 122 cm³/mol. The van der Waals surface area contributed by atoms with Gasteiger partial charge in [-0.25, -0.2) is 0 Å². The molecule has 0 spiro atoms. The third-order valence-electron chi connectivity index (χ3n) is 4.04. The highest BCUT2D eigenvalue weighted by Crippen LogP contribution is 2.38. The first-order chi connectivity index (χ1) is 14.3. The van der Waals surface area contributed by atoms with Gasteiger partial charge in [-0.1, -0.05) is 29.8 Å². The molecule has 0 N–H and O–H groups in total. The second kappa shape index (κ2) is 10.00. The third-order valence-corrected chi connectivity index (χ3v) is 6.49. The van der Waals surface area contributed by atoms with Gasteiger partial charge in [0.1, 0.15) is 18.9 Å². The van der Waals surface area contributed by atoms with E-state index in [0.717, 1.165) is 22.2 Å². The average Bonchev–Trinajstić information content (AvgIpc) is 2.95. The molecular formula is C20H14Br2ClNO5S. The maximum absolute atomic E-state index is 12.4. The zero-order valence-corrected chi connectivity index (χ0v) is 20.2. The summed E-state index contributed by atoms with van der Waals surface area (Å²) < 4.78 is 11.7. The Kier molecular flexibility index (Phi) is 7.62. The van der Waals surface area contributed by atoms with Crippen molar-refractivity contribution in [3.63, 3.8) is 0 Å². The van der Waals surface area contributed by atoms with E-state index < -0.39 is 23.7 Å². The molecule has 1 aliphatic rings. The van der Waals surface area contributed by atoms with Crippen molar-refractivity contribution < 1.29 is 23.9 Å². The van der Waals surface area contributed by atoms with E-state index in [1.807, 2.05) is 18.2 Å². The van der Waals surface area contributed by atoms with Crippen LogP contribution >= 0.6 is 55.2 Å². The van der Waals surface area contributed by atoms with Crippen LogP contribution in [0.1, 0.15) is 11.1 Å². The van der Waals surface area contributed by atoms with Crippen LogP contribution in [0, 0.1) is 0 Å². The smallest absolute Gasteiger partial charge is 0.325 e. The Morgan fingerprint density at radius 2 is 1.87 bits per heavy atom. The lowest BCUT2D eigenvalue weighted by molar-refractivity contribution is -0.143. The molecule has 2 amide bonds. The fraction of sp³-hybridized carbons (Fsp3) is 0.150. The number of carbonyl (C=O) groups excluding carboxylic acids is 3. The zero-order valence-electron chi connectivity index (χ0n) is 15.5. The van der Waals surface area contributed by atoms with Crippen LogP contribution in [0.2, 0.25) is 5.02 Å². The van der Waals surface area contributed by atoms with E-state index in [1.54, 1.807) is 24.3 Å². The van der Waals surface area contributed by atoms with Crippen LogP contribution in [0.4, 0.5) is 4.79 Å². The van der Waals surface area contributed by atoms with Crippen molar-refractivity contribution in [2.24, 2.45) is 0 Å². The Hall–Kier alpha value is -1.81. The average molecular weight is 576 g/mol. The highest BCUT2D eigenvalue weighted by atomic mass is 79.9. The molecule has 156 valence electrons. The van der Waals surface area contributed by atoms with Crippen molar-refractivity contribution in [2.45, 2.75) is 6.61 Å². The maximum Gasteiger partial charge on any atom is 0.325 e. The summed E-state index contributed by atoms with van der Waals surface area (Å²) in [5.74, 6) is -0.628. The first kappa shape index (κ1) is 22.9. The summed E-state index contributed by atoms with van der Waals surface area (Å²) in [7, 11) is 1.20. The Bertz CT molecular complexity index is 1040. The van der Waals surface area contributed by atoms with Gasteiger partial charge in [-0.15, -0.1) is 0 Å². The van der Waals surface area contributed by atoms with Gasteiger partial charge in [-0.3, -0.25) is 19.3 Å². The summed E-state index contributed by atoms with van der Waals surface area (Å²) in [4.78, 5) is 37.0. The lowest BCUT2D eigenvalue weighted by atomic mass is 10.2. The van der Waals surface area contributed by atoms with Crippen molar-refractivity contribution in [3.8, 4) is 5.75 Å². The van der Waals surface area contributed by atoms with Gasteiger partial charge in [0.25, 0.3) is 11.1 Å². The second-order valence-electron chi connectivity index (χ2n) is 6.04. The highest BCUT2D eigenvalue weighted by molar-refractivity contribution is 9.11. The van der Waals surface area contributed by atoms with Gasteiger partial charge in [-0.05, 0) is 73.5 Å². The number of halogens is 3. The first-order valence-electron chi connectivity index (χ1n) is 8.47. The SMILES string of the molecule is COC(=O)CN1C(=O)S/C(=C/c2cc(Br)c(OCc3ccccc3Cl)c(Br)c2)C1=O. The molecule has 0 atom stereocenters. The van der Waals surface area contributed by atoms with Crippen LogP contribution in [-0.2, 0) is 20.9 Å². The molecule has 0 bridgehead atoms. The Balaban J connectivity index is 1.78. The van der Waals surface area contributed by atoms with Gasteiger partial charge >= 0.3 is 5.97 Å². The molecule has 1 saturated heterocycles. The Labute approximate surface area is 198 Å². The summed E-state index contributed by atoms with van der Waals surface area (Å²) in [6.45, 7) is -0.136. The van der Waals surface area contributed by atoms with E-state index >= 15 is 0 Å². The maximum atomic E-state index is 12.4. The molecule has 2 aromatic carbocycles. The molecule has 3 rings (SSSR count). The number of rotatable bonds is 6. The van der Waals surface area contributed by atoms with Crippen LogP contribution in [0.3, 0.4) is 0 Å². The van der Waals surface area contributed by atoms with Gasteiger partial charge in [0, 0.05) is 10.6 Å². The molecule has 0 radical (unpaired) electrons. The largest absolute Gasteiger partial charge is 0.486 e. The molecule has 0 aliphatic carbocycles. The summed E-state index contributed by atoms with van der Waals surface area (Å²) in [6.07, 6.45) is 1.58. The third kappa shape index (κ3) is 5.26. The lowest BCUT2D eigenvalue weighted by Crippen LogP contribution is -2.34. The van der Waals surface area contributed by atoms with Crippen molar-refractivity contribution in [2.75, 3.05) is 13.7 Å². The molecular weight excluding hydrogens is 562 g/mol. The molecule has 2 aromatic rings. The Morgan fingerprint density at radius 3 is 2.50 bits per heavy atom. The summed E-state index contributed by atoms with van der Waals surface area (Å²) in [5, 5.41) is 0.0959. The van der Waals surface area contributed by atoms with E-state index in [2.05, 4.69) is 36.6 Å². The highest BCUT2D eigenvalue weighted by Gasteiger charge is 2.36. The molecule has 0 saturated carbocycles. The monoisotopic (exact) mass is 573 g/mol. The van der Waals surface area contributed by atoms with Crippen LogP contribution < -0.4 is 4.74 Å². The van der Waals surface area contributed by atoms with E-state index in [-0.39, 0.29) is 11.5 Å². The predicted octanol–water partition coefficient (Wildman–Crippen LogP) is 5.65. The van der Waals surface area contributed by atoms with E-state index in [1.165, 1.54) is 7.11 Å². The lowest BCUT2D eigenvalue weighted by Gasteiger charge is -2.12. The molecule has 0 unspecified atom stereocenters. The summed E-state index contributed by atoms with van der Waals surface area (Å²) in [6, 6.07) is 10.9. The number of hydrogen-bond acceptors (Lipinski definition) is 6. The van der Waals surface area contributed by atoms with Crippen molar-refractivity contribution >= 4 is 78.4 Å². The standard InChI is InChI=1S/C20H14Br2ClNO5S/c1-28-17(25)9-24-19(26)16(30-20(24)27)8-11-6-13(21)18(14(22)7-11)29-10-12-4-2-3-5-15(12)23/h2-8H,9-10H2,1H3/b16-8+. The van der Waals surface area contributed by atoms with Gasteiger partial charge in [0.15, 0.2) is 0 Å². The van der Waals surface area contributed by atoms with Crippen LogP contribution in [0.5, 0.6) is 5.75 Å². The molecule has 1 fully saturated rings. The topological polar surface area (TPSA) is 72.9 Å². The molecule has 1 heterocycles. The number of esters is 1. The molecule has 6 nitrogen and oxygen atoms in total. The minimum atomic E-state index is -0.663. The quantitative estimate of drug-likeness (QED) is 0.327. The fourth-order valence-corrected chi connectivity index (χ4v) is 5.03. The van der Waals surface area contributed by atoms with E-state index in [0.29, 0.717) is 25.3 Å². The van der Waals surface area contributed by atoms with Gasteiger partial charge < -0.3 is 9.47 Å². The number of benzene rings is 2. The zero-order chi connectivity index (χ0) is 21.8. The van der Waals surface area contributed by atoms with Gasteiger partial charge in [0.2, 0.25) is 0 Å². The Morgan fingerprint density at radius 1 is 1.20 bits per heavy atom. The number of thioether (sulfide) groups is 1. The number of imide groups is 1. The fourth-order valence-electron chi connectivity index (χ4n) is 2.55. The number of amides is 2. The van der Waals surface area contributed by atoms with Gasteiger partial charge in [-0.2, -0.15) is 0 Å². The number of methoxy groups -OCH3 is 1. The number of carbonyl (C=O) groups is 3. The van der Waals surface area contributed by atoms with Crippen molar-refractivity contribution in [1.29, 1.82) is 0 Å². The van der Waals surface area contributed by atoms with E-state index in [9.17, 15) is 14.4 Å². The minimum absolute atomic E-state index is 0.215. The van der Waals surface area contributed by atoms with Crippen molar-refractivity contribution in [1.82, 2.24) is 4.90 Å². The first-order valence-corrected chi connectivity index (χ1v) is 11.3. The number of hydrogen-bond donors (Lipinski definition) is 0. The minimum Gasteiger partial charge on any atom is -0.486 e. The molecule has 10 heteroatoms. The normalized spacial score (nSPS) is 15.1.